The molecule has 0 unspecified atom stereocenters. The molecule has 0 aliphatic heterocycles. The Kier molecular flexibility index (Phi) is 6.89. The summed E-state index contributed by atoms with van der Waals surface area (Å²) in [5.74, 6) is 1.64. The highest BCUT2D eigenvalue weighted by atomic mass is 16.5. The fourth-order valence-corrected chi connectivity index (χ4v) is 4.33. The SMILES string of the molecule is CCCCCc1nnc2ccc(-c3ccc(OC)cc3)cc2c1-n1cc(-c2ccc(OC)cc2)nn1. The van der Waals surface area contributed by atoms with Crippen molar-refractivity contribution in [3.8, 4) is 39.6 Å². The van der Waals surface area contributed by atoms with Gasteiger partial charge in [0.1, 0.15) is 17.2 Å². The van der Waals surface area contributed by atoms with E-state index in [4.69, 9.17) is 9.47 Å². The predicted octanol–water partition coefficient (Wildman–Crippen LogP) is 6.29. The zero-order valence-electron chi connectivity index (χ0n) is 20.8. The first-order valence-electron chi connectivity index (χ1n) is 12.2. The monoisotopic (exact) mass is 479 g/mol. The molecule has 0 saturated heterocycles. The number of aromatic nitrogens is 5. The third-order valence-corrected chi connectivity index (χ3v) is 6.35. The molecule has 0 fully saturated rings. The molecule has 3 aromatic carbocycles. The van der Waals surface area contributed by atoms with Gasteiger partial charge in [0.2, 0.25) is 0 Å². The smallest absolute Gasteiger partial charge is 0.118 e. The van der Waals surface area contributed by atoms with Crippen LogP contribution in [0.15, 0.2) is 72.9 Å². The van der Waals surface area contributed by atoms with Gasteiger partial charge in [-0.2, -0.15) is 10.2 Å². The average molecular weight is 480 g/mol. The van der Waals surface area contributed by atoms with Crippen molar-refractivity contribution in [1.82, 2.24) is 25.2 Å². The number of hydrogen-bond donors (Lipinski definition) is 0. The van der Waals surface area contributed by atoms with Gasteiger partial charge in [0.05, 0.1) is 37.3 Å². The summed E-state index contributed by atoms with van der Waals surface area (Å²) < 4.78 is 12.5. The molecular formula is C29H29N5O2. The van der Waals surface area contributed by atoms with Gasteiger partial charge in [-0.1, -0.05) is 43.2 Å². The highest BCUT2D eigenvalue weighted by Crippen LogP contribution is 2.31. The molecule has 0 spiro atoms. The molecule has 2 aromatic heterocycles. The quantitative estimate of drug-likeness (QED) is 0.231. The number of unbranched alkanes of at least 4 members (excludes halogenated alkanes) is 2. The van der Waals surface area contributed by atoms with Crippen molar-refractivity contribution in [2.75, 3.05) is 14.2 Å². The molecule has 5 aromatic rings. The lowest BCUT2D eigenvalue weighted by Gasteiger charge is -2.12. The van der Waals surface area contributed by atoms with E-state index >= 15 is 0 Å². The Morgan fingerprint density at radius 3 is 2.06 bits per heavy atom. The summed E-state index contributed by atoms with van der Waals surface area (Å²) >= 11 is 0. The number of fused-ring (bicyclic) bond motifs is 1. The van der Waals surface area contributed by atoms with E-state index in [1.807, 2.05) is 53.3 Å². The van der Waals surface area contributed by atoms with Gasteiger partial charge in [0.15, 0.2) is 0 Å². The van der Waals surface area contributed by atoms with E-state index in [1.54, 1.807) is 14.2 Å². The second-order valence-corrected chi connectivity index (χ2v) is 8.69. The molecule has 5 rings (SSSR count). The van der Waals surface area contributed by atoms with Gasteiger partial charge in [-0.15, -0.1) is 5.10 Å². The van der Waals surface area contributed by atoms with Crippen molar-refractivity contribution in [3.05, 3.63) is 78.6 Å². The second kappa shape index (κ2) is 10.6. The van der Waals surface area contributed by atoms with Crippen LogP contribution in [0, 0.1) is 0 Å². The van der Waals surface area contributed by atoms with E-state index in [-0.39, 0.29) is 0 Å². The van der Waals surface area contributed by atoms with Crippen LogP contribution in [-0.4, -0.2) is 39.4 Å². The van der Waals surface area contributed by atoms with Gasteiger partial charge in [0.25, 0.3) is 0 Å². The fraction of sp³-hybridized carbons (Fsp3) is 0.241. The molecule has 182 valence electrons. The van der Waals surface area contributed by atoms with Crippen molar-refractivity contribution < 1.29 is 9.47 Å². The minimum atomic E-state index is 0.786. The zero-order chi connectivity index (χ0) is 24.9. The first-order valence-corrected chi connectivity index (χ1v) is 12.2. The maximum Gasteiger partial charge on any atom is 0.118 e. The predicted molar refractivity (Wildman–Crippen MR) is 142 cm³/mol. The van der Waals surface area contributed by atoms with Crippen LogP contribution < -0.4 is 9.47 Å². The minimum absolute atomic E-state index is 0.786. The van der Waals surface area contributed by atoms with Gasteiger partial charge < -0.3 is 9.47 Å². The van der Waals surface area contributed by atoms with Crippen LogP contribution in [-0.2, 0) is 6.42 Å². The Morgan fingerprint density at radius 2 is 1.39 bits per heavy atom. The van der Waals surface area contributed by atoms with Gasteiger partial charge in [-0.25, -0.2) is 4.68 Å². The molecule has 7 heteroatoms. The second-order valence-electron chi connectivity index (χ2n) is 8.69. The lowest BCUT2D eigenvalue weighted by atomic mass is 10.0. The summed E-state index contributed by atoms with van der Waals surface area (Å²) in [6, 6.07) is 22.1. The van der Waals surface area contributed by atoms with Gasteiger partial charge in [-0.3, -0.25) is 0 Å². The molecule has 0 radical (unpaired) electrons. The molecule has 0 amide bonds. The van der Waals surface area contributed by atoms with Crippen LogP contribution in [0.1, 0.15) is 31.9 Å². The largest absolute Gasteiger partial charge is 0.497 e. The Balaban J connectivity index is 1.61. The number of benzene rings is 3. The molecule has 0 saturated carbocycles. The number of aryl methyl sites for hydroxylation is 1. The van der Waals surface area contributed by atoms with Crippen LogP contribution >= 0.6 is 0 Å². The van der Waals surface area contributed by atoms with Crippen LogP contribution in [0.5, 0.6) is 11.5 Å². The molecule has 2 heterocycles. The standard InChI is InChI=1S/C29H29N5O2/c1-4-5-6-7-27-29(34-19-28(32-33-34)21-10-15-24(36-3)16-11-21)25-18-22(12-17-26(25)30-31-27)20-8-13-23(35-2)14-9-20/h8-19H,4-7H2,1-3H3. The molecule has 7 nitrogen and oxygen atoms in total. The number of methoxy groups -OCH3 is 2. The summed E-state index contributed by atoms with van der Waals surface area (Å²) in [5.41, 5.74) is 6.63. The van der Waals surface area contributed by atoms with Gasteiger partial charge >= 0.3 is 0 Å². The zero-order valence-corrected chi connectivity index (χ0v) is 20.8. The summed E-state index contributed by atoms with van der Waals surface area (Å²) in [5, 5.41) is 19.1. The van der Waals surface area contributed by atoms with E-state index in [2.05, 4.69) is 51.7 Å². The molecule has 0 bridgehead atoms. The Morgan fingerprint density at radius 1 is 0.722 bits per heavy atom. The first kappa shape index (κ1) is 23.5. The lowest BCUT2D eigenvalue weighted by Crippen LogP contribution is -2.06. The average Bonchev–Trinajstić information content (AvgIpc) is 3.42. The minimum Gasteiger partial charge on any atom is -0.497 e. The third-order valence-electron chi connectivity index (χ3n) is 6.35. The van der Waals surface area contributed by atoms with Crippen molar-refractivity contribution in [3.63, 3.8) is 0 Å². The number of rotatable bonds is 9. The van der Waals surface area contributed by atoms with Crippen LogP contribution in [0.4, 0.5) is 0 Å². The summed E-state index contributed by atoms with van der Waals surface area (Å²) in [4.78, 5) is 0. The normalized spacial score (nSPS) is 11.1. The summed E-state index contributed by atoms with van der Waals surface area (Å²) in [6.07, 6.45) is 6.11. The highest BCUT2D eigenvalue weighted by Gasteiger charge is 2.16. The van der Waals surface area contributed by atoms with Crippen molar-refractivity contribution >= 4 is 10.9 Å². The van der Waals surface area contributed by atoms with Crippen LogP contribution in [0.3, 0.4) is 0 Å². The van der Waals surface area contributed by atoms with Crippen molar-refractivity contribution in [2.24, 2.45) is 0 Å². The third kappa shape index (κ3) is 4.77. The van der Waals surface area contributed by atoms with E-state index < -0.39 is 0 Å². The number of ether oxygens (including phenoxy) is 2. The van der Waals surface area contributed by atoms with Crippen LogP contribution in [0.2, 0.25) is 0 Å². The maximum atomic E-state index is 5.32. The summed E-state index contributed by atoms with van der Waals surface area (Å²) in [6.45, 7) is 2.20. The Hall–Kier alpha value is -4.26. The first-order chi connectivity index (χ1) is 17.7. The topological polar surface area (TPSA) is 75.0 Å². The van der Waals surface area contributed by atoms with Crippen LogP contribution in [0.25, 0.3) is 39.0 Å². The molecule has 0 atom stereocenters. The highest BCUT2D eigenvalue weighted by molar-refractivity contribution is 5.91. The number of nitrogens with zero attached hydrogens (tertiary/aromatic N) is 5. The van der Waals surface area contributed by atoms with Crippen molar-refractivity contribution in [2.45, 2.75) is 32.6 Å². The number of hydrogen-bond acceptors (Lipinski definition) is 6. The van der Waals surface area contributed by atoms with Gasteiger partial charge in [0, 0.05) is 10.9 Å². The molecule has 0 aliphatic rings. The van der Waals surface area contributed by atoms with E-state index in [9.17, 15) is 0 Å². The van der Waals surface area contributed by atoms with E-state index in [0.717, 1.165) is 81.9 Å². The van der Waals surface area contributed by atoms with Crippen molar-refractivity contribution in [1.29, 1.82) is 0 Å². The van der Waals surface area contributed by atoms with Gasteiger partial charge in [-0.05, 0) is 72.5 Å². The molecule has 0 aliphatic carbocycles. The maximum absolute atomic E-state index is 5.32. The van der Waals surface area contributed by atoms with E-state index in [1.165, 1.54) is 0 Å². The van der Waals surface area contributed by atoms with E-state index in [0.29, 0.717) is 0 Å². The molecule has 0 N–H and O–H groups in total. The summed E-state index contributed by atoms with van der Waals surface area (Å²) in [7, 11) is 3.33. The Bertz CT molecular complexity index is 1460. The Labute approximate surface area is 210 Å². The lowest BCUT2D eigenvalue weighted by molar-refractivity contribution is 0.415. The molecule has 36 heavy (non-hydrogen) atoms. The fourth-order valence-electron chi connectivity index (χ4n) is 4.33. The molecular weight excluding hydrogens is 450 g/mol.